The summed E-state index contributed by atoms with van der Waals surface area (Å²) in [5, 5.41) is 3.97. The Balaban J connectivity index is 1.84. The fourth-order valence-corrected chi connectivity index (χ4v) is 2.78. The van der Waals surface area contributed by atoms with Crippen molar-refractivity contribution < 1.29 is 9.53 Å². The van der Waals surface area contributed by atoms with Crippen LogP contribution in [0.25, 0.3) is 0 Å². The van der Waals surface area contributed by atoms with E-state index < -0.39 is 0 Å². The van der Waals surface area contributed by atoms with Crippen LogP contribution in [0.4, 0.5) is 0 Å². The highest BCUT2D eigenvalue weighted by molar-refractivity contribution is 6.30. The molecule has 1 amide bonds. The first-order valence-electron chi connectivity index (χ1n) is 7.26. The molecule has 6 heteroatoms. The van der Waals surface area contributed by atoms with Crippen LogP contribution in [0.5, 0.6) is 5.75 Å². The Hall–Kier alpha value is -1.30. The van der Waals surface area contributed by atoms with E-state index in [1.54, 1.807) is 6.07 Å². The largest absolute Gasteiger partial charge is 0.492 e. The van der Waals surface area contributed by atoms with E-state index in [1.807, 2.05) is 18.2 Å². The third-order valence-electron chi connectivity index (χ3n) is 3.63. The SMILES string of the molecule is NC(=O)CN(CCOc1cccc(Cl)c1)C1CCNCC1. The van der Waals surface area contributed by atoms with Crippen LogP contribution >= 0.6 is 11.6 Å². The summed E-state index contributed by atoms with van der Waals surface area (Å²) < 4.78 is 5.70. The molecule has 1 aliphatic heterocycles. The van der Waals surface area contributed by atoms with E-state index in [1.165, 1.54) is 0 Å². The highest BCUT2D eigenvalue weighted by atomic mass is 35.5. The molecular formula is C15H22ClN3O2. The molecule has 5 nitrogen and oxygen atoms in total. The number of amides is 1. The molecular weight excluding hydrogens is 290 g/mol. The number of primary amides is 1. The van der Waals surface area contributed by atoms with Gasteiger partial charge in [-0.1, -0.05) is 17.7 Å². The van der Waals surface area contributed by atoms with Crippen LogP contribution in [0.2, 0.25) is 5.02 Å². The maximum Gasteiger partial charge on any atom is 0.231 e. The van der Waals surface area contributed by atoms with E-state index in [9.17, 15) is 4.79 Å². The zero-order chi connectivity index (χ0) is 15.1. The van der Waals surface area contributed by atoms with Gasteiger partial charge >= 0.3 is 0 Å². The van der Waals surface area contributed by atoms with Crippen molar-refractivity contribution in [3.05, 3.63) is 29.3 Å². The van der Waals surface area contributed by atoms with Gasteiger partial charge in [0, 0.05) is 17.6 Å². The van der Waals surface area contributed by atoms with Crippen molar-refractivity contribution in [3.63, 3.8) is 0 Å². The molecule has 0 unspecified atom stereocenters. The second-order valence-electron chi connectivity index (χ2n) is 5.22. The number of hydrogen-bond acceptors (Lipinski definition) is 4. The molecule has 1 aromatic rings. The standard InChI is InChI=1S/C15H22ClN3O2/c16-12-2-1-3-14(10-12)21-9-8-19(11-15(17)20)13-4-6-18-7-5-13/h1-3,10,13,18H,4-9,11H2,(H2,17,20). The summed E-state index contributed by atoms with van der Waals surface area (Å²) in [7, 11) is 0. The van der Waals surface area contributed by atoms with E-state index in [0.29, 0.717) is 24.2 Å². The molecule has 0 aromatic heterocycles. The molecule has 116 valence electrons. The van der Waals surface area contributed by atoms with Gasteiger partial charge in [0.05, 0.1) is 6.54 Å². The third-order valence-corrected chi connectivity index (χ3v) is 3.86. The molecule has 0 aliphatic carbocycles. The van der Waals surface area contributed by atoms with E-state index in [0.717, 1.165) is 31.7 Å². The number of nitrogens with one attached hydrogen (secondary N) is 1. The van der Waals surface area contributed by atoms with Crippen molar-refractivity contribution in [1.29, 1.82) is 0 Å². The smallest absolute Gasteiger partial charge is 0.231 e. The molecule has 0 radical (unpaired) electrons. The lowest BCUT2D eigenvalue weighted by Gasteiger charge is -2.33. The molecule has 0 saturated carbocycles. The van der Waals surface area contributed by atoms with Gasteiger partial charge in [-0.3, -0.25) is 9.69 Å². The van der Waals surface area contributed by atoms with Gasteiger partial charge in [-0.25, -0.2) is 0 Å². The molecule has 1 aromatic carbocycles. The molecule has 0 spiro atoms. The quantitative estimate of drug-likeness (QED) is 0.795. The molecule has 3 N–H and O–H groups in total. The number of halogens is 1. The predicted molar refractivity (Wildman–Crippen MR) is 83.6 cm³/mol. The molecule has 0 bridgehead atoms. The summed E-state index contributed by atoms with van der Waals surface area (Å²) in [4.78, 5) is 13.4. The summed E-state index contributed by atoms with van der Waals surface area (Å²) in [5.41, 5.74) is 5.35. The maximum absolute atomic E-state index is 11.2. The highest BCUT2D eigenvalue weighted by Gasteiger charge is 2.22. The van der Waals surface area contributed by atoms with E-state index in [-0.39, 0.29) is 12.5 Å². The minimum atomic E-state index is -0.295. The van der Waals surface area contributed by atoms with E-state index in [2.05, 4.69) is 10.2 Å². The van der Waals surface area contributed by atoms with Gasteiger partial charge in [-0.2, -0.15) is 0 Å². The maximum atomic E-state index is 11.2. The van der Waals surface area contributed by atoms with Gasteiger partial charge in [0.2, 0.25) is 5.91 Å². The normalized spacial score (nSPS) is 16.1. The second kappa shape index (κ2) is 8.22. The Morgan fingerprint density at radius 1 is 1.43 bits per heavy atom. The fourth-order valence-electron chi connectivity index (χ4n) is 2.60. The Morgan fingerprint density at radius 2 is 2.19 bits per heavy atom. The highest BCUT2D eigenvalue weighted by Crippen LogP contribution is 2.17. The first-order valence-corrected chi connectivity index (χ1v) is 7.64. The van der Waals surface area contributed by atoms with Crippen LogP contribution < -0.4 is 15.8 Å². The van der Waals surface area contributed by atoms with Gasteiger partial charge < -0.3 is 15.8 Å². The summed E-state index contributed by atoms with van der Waals surface area (Å²) in [5.74, 6) is 0.447. The Kier molecular flexibility index (Phi) is 6.29. The molecule has 1 fully saturated rings. The van der Waals surface area contributed by atoms with Gasteiger partial charge in [0.15, 0.2) is 0 Å². The molecule has 0 atom stereocenters. The van der Waals surface area contributed by atoms with Crippen LogP contribution in [0, 0.1) is 0 Å². The molecule has 1 heterocycles. The number of nitrogens with two attached hydrogens (primary N) is 1. The Labute approximate surface area is 130 Å². The lowest BCUT2D eigenvalue weighted by Crippen LogP contribution is -2.47. The zero-order valence-corrected chi connectivity index (χ0v) is 12.8. The summed E-state index contributed by atoms with van der Waals surface area (Å²) >= 11 is 5.92. The van der Waals surface area contributed by atoms with Crippen LogP contribution in [0.15, 0.2) is 24.3 Å². The Bertz CT molecular complexity index is 464. The van der Waals surface area contributed by atoms with Crippen molar-refractivity contribution in [2.45, 2.75) is 18.9 Å². The summed E-state index contributed by atoms with van der Waals surface area (Å²) in [6.07, 6.45) is 2.06. The van der Waals surface area contributed by atoms with Crippen LogP contribution in [-0.4, -0.2) is 49.6 Å². The number of rotatable bonds is 7. The monoisotopic (exact) mass is 311 g/mol. The molecule has 1 aliphatic rings. The number of carbonyl (C=O) groups is 1. The van der Waals surface area contributed by atoms with Crippen molar-refractivity contribution in [1.82, 2.24) is 10.2 Å². The van der Waals surface area contributed by atoms with Gasteiger partial charge in [-0.05, 0) is 44.1 Å². The Morgan fingerprint density at radius 3 is 2.86 bits per heavy atom. The van der Waals surface area contributed by atoms with E-state index in [4.69, 9.17) is 22.1 Å². The number of piperidine rings is 1. The average Bonchev–Trinajstić information content (AvgIpc) is 2.47. The number of ether oxygens (including phenoxy) is 1. The number of benzene rings is 1. The number of nitrogens with zero attached hydrogens (tertiary/aromatic N) is 1. The molecule has 2 rings (SSSR count). The number of carbonyl (C=O) groups excluding carboxylic acids is 1. The second-order valence-corrected chi connectivity index (χ2v) is 5.66. The van der Waals surface area contributed by atoms with Gasteiger partial charge in [-0.15, -0.1) is 0 Å². The van der Waals surface area contributed by atoms with Crippen molar-refractivity contribution >= 4 is 17.5 Å². The first-order chi connectivity index (χ1) is 10.1. The van der Waals surface area contributed by atoms with Gasteiger partial charge in [0.25, 0.3) is 0 Å². The lowest BCUT2D eigenvalue weighted by molar-refractivity contribution is -0.119. The summed E-state index contributed by atoms with van der Waals surface area (Å²) in [6, 6.07) is 7.70. The molecule has 21 heavy (non-hydrogen) atoms. The summed E-state index contributed by atoms with van der Waals surface area (Å²) in [6.45, 7) is 3.44. The first kappa shape index (κ1) is 16.1. The minimum Gasteiger partial charge on any atom is -0.492 e. The van der Waals surface area contributed by atoms with Crippen molar-refractivity contribution in [2.75, 3.05) is 32.8 Å². The molecule has 1 saturated heterocycles. The minimum absolute atomic E-state index is 0.281. The number of hydrogen-bond donors (Lipinski definition) is 2. The fraction of sp³-hybridized carbons (Fsp3) is 0.533. The van der Waals surface area contributed by atoms with Crippen LogP contribution in [0.1, 0.15) is 12.8 Å². The lowest BCUT2D eigenvalue weighted by atomic mass is 10.0. The predicted octanol–water partition coefficient (Wildman–Crippen LogP) is 1.26. The van der Waals surface area contributed by atoms with Crippen molar-refractivity contribution in [3.8, 4) is 5.75 Å². The topological polar surface area (TPSA) is 67.6 Å². The third kappa shape index (κ3) is 5.53. The van der Waals surface area contributed by atoms with E-state index >= 15 is 0 Å². The zero-order valence-electron chi connectivity index (χ0n) is 12.1. The van der Waals surface area contributed by atoms with Gasteiger partial charge in [0.1, 0.15) is 12.4 Å². The van der Waals surface area contributed by atoms with Crippen molar-refractivity contribution in [2.24, 2.45) is 5.73 Å². The average molecular weight is 312 g/mol. The van der Waals surface area contributed by atoms with Crippen LogP contribution in [-0.2, 0) is 4.79 Å². The van der Waals surface area contributed by atoms with Crippen LogP contribution in [0.3, 0.4) is 0 Å².